The molecule has 1 fully saturated rings. The van der Waals surface area contributed by atoms with Crippen LogP contribution >= 0.6 is 0 Å². The lowest BCUT2D eigenvalue weighted by Gasteiger charge is -2.25. The van der Waals surface area contributed by atoms with E-state index < -0.39 is 18.2 Å². The van der Waals surface area contributed by atoms with E-state index in [9.17, 15) is 19.5 Å². The SMILES string of the molecule is O=C(O)CN1CCN(C(=O)OCc2ccccc2)CCN(C(=O)OCc2ccccc2)CC1. The highest BCUT2D eigenvalue weighted by atomic mass is 16.6. The summed E-state index contributed by atoms with van der Waals surface area (Å²) in [6.45, 7) is 1.93. The third-order valence-corrected chi connectivity index (χ3v) is 5.30. The Hall–Kier alpha value is -3.59. The number of hydrogen-bond donors (Lipinski definition) is 1. The summed E-state index contributed by atoms with van der Waals surface area (Å²) in [5.74, 6) is -0.967. The van der Waals surface area contributed by atoms with E-state index in [0.717, 1.165) is 11.1 Å². The molecule has 1 N–H and O–H groups in total. The van der Waals surface area contributed by atoms with E-state index in [1.165, 1.54) is 9.80 Å². The lowest BCUT2D eigenvalue weighted by molar-refractivity contribution is -0.138. The van der Waals surface area contributed by atoms with E-state index in [0.29, 0.717) is 26.2 Å². The number of benzene rings is 2. The minimum atomic E-state index is -0.967. The fraction of sp³-hybridized carbons (Fsp3) is 0.375. The van der Waals surface area contributed by atoms with Crippen molar-refractivity contribution in [1.29, 1.82) is 0 Å². The molecule has 176 valence electrons. The minimum Gasteiger partial charge on any atom is -0.480 e. The lowest BCUT2D eigenvalue weighted by atomic mass is 10.2. The second-order valence-corrected chi connectivity index (χ2v) is 7.72. The fourth-order valence-corrected chi connectivity index (χ4v) is 3.44. The van der Waals surface area contributed by atoms with Gasteiger partial charge in [0.1, 0.15) is 13.2 Å². The van der Waals surface area contributed by atoms with Gasteiger partial charge in [0, 0.05) is 39.3 Å². The predicted molar refractivity (Wildman–Crippen MR) is 120 cm³/mol. The van der Waals surface area contributed by atoms with Crippen LogP contribution in [0.1, 0.15) is 11.1 Å². The highest BCUT2D eigenvalue weighted by molar-refractivity contribution is 5.70. The molecule has 0 aliphatic carbocycles. The van der Waals surface area contributed by atoms with Gasteiger partial charge in [0.25, 0.3) is 0 Å². The average molecular weight is 456 g/mol. The molecule has 2 aromatic rings. The molecule has 1 aliphatic heterocycles. The summed E-state index contributed by atoms with van der Waals surface area (Å²) in [6.07, 6.45) is -1.01. The van der Waals surface area contributed by atoms with E-state index >= 15 is 0 Å². The molecular formula is C24H29N3O6. The molecule has 2 amide bonds. The number of carbonyl (C=O) groups excluding carboxylic acids is 2. The average Bonchev–Trinajstić information content (AvgIpc) is 2.93. The molecule has 1 saturated heterocycles. The Morgan fingerprint density at radius 2 is 1.06 bits per heavy atom. The number of carboxylic acid groups (broad SMARTS) is 1. The molecule has 1 heterocycles. The molecule has 0 bridgehead atoms. The second kappa shape index (κ2) is 12.4. The monoisotopic (exact) mass is 455 g/mol. The zero-order chi connectivity index (χ0) is 23.5. The zero-order valence-electron chi connectivity index (χ0n) is 18.5. The van der Waals surface area contributed by atoms with Crippen LogP contribution in [0.15, 0.2) is 60.7 Å². The predicted octanol–water partition coefficient (Wildman–Crippen LogP) is 2.66. The number of amides is 2. The Balaban J connectivity index is 1.61. The van der Waals surface area contributed by atoms with Crippen LogP contribution in [0.2, 0.25) is 0 Å². The maximum absolute atomic E-state index is 12.7. The van der Waals surface area contributed by atoms with Crippen LogP contribution in [0.4, 0.5) is 9.59 Å². The molecule has 9 nitrogen and oxygen atoms in total. The van der Waals surface area contributed by atoms with Crippen molar-refractivity contribution in [3.05, 3.63) is 71.8 Å². The number of carboxylic acids is 1. The van der Waals surface area contributed by atoms with Crippen LogP contribution < -0.4 is 0 Å². The topological polar surface area (TPSA) is 99.6 Å². The van der Waals surface area contributed by atoms with Crippen molar-refractivity contribution in [3.63, 3.8) is 0 Å². The second-order valence-electron chi connectivity index (χ2n) is 7.72. The molecule has 0 saturated carbocycles. The van der Waals surface area contributed by atoms with Crippen LogP contribution in [0, 0.1) is 0 Å². The van der Waals surface area contributed by atoms with Gasteiger partial charge in [-0.15, -0.1) is 0 Å². The maximum atomic E-state index is 12.7. The summed E-state index contributed by atoms with van der Waals surface area (Å²) in [4.78, 5) is 41.3. The van der Waals surface area contributed by atoms with Crippen molar-refractivity contribution in [3.8, 4) is 0 Å². The third kappa shape index (κ3) is 8.12. The highest BCUT2D eigenvalue weighted by Gasteiger charge is 2.24. The van der Waals surface area contributed by atoms with Crippen molar-refractivity contribution >= 4 is 18.2 Å². The molecule has 0 radical (unpaired) electrons. The molecule has 2 aromatic carbocycles. The zero-order valence-corrected chi connectivity index (χ0v) is 18.5. The molecule has 1 aliphatic rings. The first-order chi connectivity index (χ1) is 16.0. The Kier molecular flexibility index (Phi) is 9.08. The molecular weight excluding hydrogens is 426 g/mol. The molecule has 3 rings (SSSR count). The summed E-state index contributed by atoms with van der Waals surface area (Å²) >= 11 is 0. The summed E-state index contributed by atoms with van der Waals surface area (Å²) in [5.41, 5.74) is 1.74. The Morgan fingerprint density at radius 1 is 0.667 bits per heavy atom. The number of carbonyl (C=O) groups is 3. The quantitative estimate of drug-likeness (QED) is 0.715. The number of nitrogens with zero attached hydrogens (tertiary/aromatic N) is 3. The van der Waals surface area contributed by atoms with Gasteiger partial charge in [0.2, 0.25) is 0 Å². The van der Waals surface area contributed by atoms with Gasteiger partial charge in [-0.3, -0.25) is 9.69 Å². The van der Waals surface area contributed by atoms with Crippen molar-refractivity contribution in [2.24, 2.45) is 0 Å². The number of rotatable bonds is 6. The fourth-order valence-electron chi connectivity index (χ4n) is 3.44. The number of hydrogen-bond acceptors (Lipinski definition) is 6. The standard InChI is InChI=1S/C24H29N3O6/c28-22(29)17-25-11-13-26(23(30)32-18-20-7-3-1-4-8-20)15-16-27(14-12-25)24(31)33-19-21-9-5-2-6-10-21/h1-10H,11-19H2,(H,28,29). The first kappa shape index (κ1) is 24.1. The van der Waals surface area contributed by atoms with E-state index in [-0.39, 0.29) is 32.8 Å². The Bertz CT molecular complexity index is 841. The van der Waals surface area contributed by atoms with Gasteiger partial charge in [-0.25, -0.2) is 9.59 Å². The van der Waals surface area contributed by atoms with Crippen LogP contribution in [0.25, 0.3) is 0 Å². The van der Waals surface area contributed by atoms with Crippen molar-refractivity contribution in [1.82, 2.24) is 14.7 Å². The van der Waals surface area contributed by atoms with Gasteiger partial charge in [-0.1, -0.05) is 60.7 Å². The van der Waals surface area contributed by atoms with Crippen molar-refractivity contribution in [2.75, 3.05) is 45.8 Å². The molecule has 0 unspecified atom stereocenters. The largest absolute Gasteiger partial charge is 0.480 e. The maximum Gasteiger partial charge on any atom is 0.410 e. The molecule has 0 aromatic heterocycles. The van der Waals surface area contributed by atoms with E-state index in [4.69, 9.17) is 9.47 Å². The first-order valence-electron chi connectivity index (χ1n) is 10.9. The third-order valence-electron chi connectivity index (χ3n) is 5.30. The van der Waals surface area contributed by atoms with Gasteiger partial charge >= 0.3 is 18.2 Å². The minimum absolute atomic E-state index is 0.137. The summed E-state index contributed by atoms with van der Waals surface area (Å²) in [6, 6.07) is 18.7. The van der Waals surface area contributed by atoms with Crippen LogP contribution in [0.5, 0.6) is 0 Å². The van der Waals surface area contributed by atoms with E-state index in [2.05, 4.69) is 0 Å². The summed E-state index contributed by atoms with van der Waals surface area (Å²) in [7, 11) is 0. The van der Waals surface area contributed by atoms with Crippen LogP contribution in [-0.4, -0.2) is 83.8 Å². The van der Waals surface area contributed by atoms with Gasteiger partial charge < -0.3 is 24.4 Å². The van der Waals surface area contributed by atoms with Crippen molar-refractivity contribution in [2.45, 2.75) is 13.2 Å². The molecule has 33 heavy (non-hydrogen) atoms. The Labute approximate surface area is 193 Å². The first-order valence-corrected chi connectivity index (χ1v) is 10.9. The Morgan fingerprint density at radius 3 is 1.45 bits per heavy atom. The van der Waals surface area contributed by atoms with Crippen molar-refractivity contribution < 1.29 is 29.0 Å². The smallest absolute Gasteiger partial charge is 0.410 e. The molecule has 0 spiro atoms. The highest BCUT2D eigenvalue weighted by Crippen LogP contribution is 2.08. The van der Waals surface area contributed by atoms with Gasteiger partial charge in [0.05, 0.1) is 6.54 Å². The molecule has 9 heteroatoms. The van der Waals surface area contributed by atoms with Gasteiger partial charge in [-0.05, 0) is 11.1 Å². The van der Waals surface area contributed by atoms with Crippen LogP contribution in [0.3, 0.4) is 0 Å². The van der Waals surface area contributed by atoms with E-state index in [1.807, 2.05) is 60.7 Å². The molecule has 0 atom stereocenters. The number of ether oxygens (including phenoxy) is 2. The van der Waals surface area contributed by atoms with Gasteiger partial charge in [-0.2, -0.15) is 0 Å². The summed E-state index contributed by atoms with van der Waals surface area (Å²) < 4.78 is 10.9. The lowest BCUT2D eigenvalue weighted by Crippen LogP contribution is -2.42. The van der Waals surface area contributed by atoms with Gasteiger partial charge in [0.15, 0.2) is 0 Å². The normalized spacial score (nSPS) is 15.2. The number of aliphatic carboxylic acids is 1. The van der Waals surface area contributed by atoms with E-state index in [1.54, 1.807) is 4.90 Å². The van der Waals surface area contributed by atoms with Crippen LogP contribution in [-0.2, 0) is 27.5 Å². The summed E-state index contributed by atoms with van der Waals surface area (Å²) in [5, 5.41) is 9.22.